The van der Waals surface area contributed by atoms with Crippen molar-refractivity contribution in [1.29, 1.82) is 5.26 Å². The molecule has 90 valence electrons. The van der Waals surface area contributed by atoms with E-state index in [1.54, 1.807) is 12.1 Å². The summed E-state index contributed by atoms with van der Waals surface area (Å²) in [5.41, 5.74) is 9.13. The number of benzene rings is 2. The van der Waals surface area contributed by atoms with Crippen LogP contribution in [0.15, 0.2) is 48.5 Å². The van der Waals surface area contributed by atoms with Crippen molar-refractivity contribution in [2.75, 3.05) is 11.1 Å². The Morgan fingerprint density at radius 3 is 2.50 bits per heavy atom. The molecule has 0 aromatic heterocycles. The zero-order valence-corrected chi connectivity index (χ0v) is 10.2. The molecule has 2 rings (SSSR count). The van der Waals surface area contributed by atoms with Crippen LogP contribution in [0.1, 0.15) is 24.1 Å². The molecule has 0 bridgehead atoms. The van der Waals surface area contributed by atoms with Gasteiger partial charge in [-0.3, -0.25) is 0 Å². The van der Waals surface area contributed by atoms with Gasteiger partial charge >= 0.3 is 0 Å². The minimum absolute atomic E-state index is 0.168. The van der Waals surface area contributed by atoms with Crippen LogP contribution < -0.4 is 11.1 Å². The van der Waals surface area contributed by atoms with Crippen LogP contribution in [-0.2, 0) is 0 Å². The highest BCUT2D eigenvalue weighted by atomic mass is 14.9. The molecule has 0 aliphatic carbocycles. The Morgan fingerprint density at radius 1 is 1.17 bits per heavy atom. The largest absolute Gasteiger partial charge is 0.397 e. The van der Waals surface area contributed by atoms with Gasteiger partial charge in [-0.1, -0.05) is 30.3 Å². The minimum atomic E-state index is 0.168. The Bertz CT molecular complexity index is 570. The predicted molar refractivity (Wildman–Crippen MR) is 74.0 cm³/mol. The van der Waals surface area contributed by atoms with Crippen molar-refractivity contribution in [2.24, 2.45) is 0 Å². The van der Waals surface area contributed by atoms with Gasteiger partial charge in [0.1, 0.15) is 0 Å². The Balaban J connectivity index is 2.18. The summed E-state index contributed by atoms with van der Waals surface area (Å²) in [7, 11) is 0. The van der Waals surface area contributed by atoms with Crippen molar-refractivity contribution in [3.05, 3.63) is 59.7 Å². The number of nitriles is 1. The molecule has 0 aliphatic rings. The molecule has 0 aliphatic heterocycles. The smallest absolute Gasteiger partial charge is 0.0992 e. The van der Waals surface area contributed by atoms with Crippen molar-refractivity contribution >= 4 is 11.4 Å². The maximum absolute atomic E-state index is 8.79. The molecule has 0 saturated carbocycles. The van der Waals surface area contributed by atoms with Crippen LogP contribution >= 0.6 is 0 Å². The number of nitrogen functional groups attached to an aromatic ring is 1. The van der Waals surface area contributed by atoms with Crippen LogP contribution in [-0.4, -0.2) is 0 Å². The molecule has 1 atom stereocenters. The average molecular weight is 237 g/mol. The van der Waals surface area contributed by atoms with Crippen LogP contribution in [0, 0.1) is 11.3 Å². The average Bonchev–Trinajstić information content (AvgIpc) is 2.42. The third-order valence-corrected chi connectivity index (χ3v) is 2.85. The summed E-state index contributed by atoms with van der Waals surface area (Å²) in [6, 6.07) is 17.7. The van der Waals surface area contributed by atoms with E-state index in [2.05, 4.69) is 30.4 Å². The van der Waals surface area contributed by atoms with E-state index in [1.807, 2.05) is 24.3 Å². The van der Waals surface area contributed by atoms with Crippen LogP contribution in [0.25, 0.3) is 0 Å². The van der Waals surface area contributed by atoms with Crippen molar-refractivity contribution in [1.82, 2.24) is 0 Å². The van der Waals surface area contributed by atoms with E-state index in [-0.39, 0.29) is 6.04 Å². The van der Waals surface area contributed by atoms with E-state index >= 15 is 0 Å². The van der Waals surface area contributed by atoms with Gasteiger partial charge in [0.2, 0.25) is 0 Å². The van der Waals surface area contributed by atoms with Crippen molar-refractivity contribution in [3.63, 3.8) is 0 Å². The van der Waals surface area contributed by atoms with Crippen molar-refractivity contribution < 1.29 is 0 Å². The SMILES string of the molecule is C[C@H](Nc1ccc(C#N)cc1N)c1ccccc1. The summed E-state index contributed by atoms with van der Waals surface area (Å²) in [6.07, 6.45) is 0. The van der Waals surface area contributed by atoms with E-state index in [0.29, 0.717) is 11.3 Å². The normalized spacial score (nSPS) is 11.6. The van der Waals surface area contributed by atoms with E-state index in [9.17, 15) is 0 Å². The van der Waals surface area contributed by atoms with E-state index in [0.717, 1.165) is 5.69 Å². The molecule has 0 amide bonds. The van der Waals surface area contributed by atoms with Gasteiger partial charge < -0.3 is 11.1 Å². The van der Waals surface area contributed by atoms with Crippen LogP contribution in [0.5, 0.6) is 0 Å². The summed E-state index contributed by atoms with van der Waals surface area (Å²) < 4.78 is 0. The molecular formula is C15H15N3. The number of nitrogens with two attached hydrogens (primary N) is 1. The van der Waals surface area contributed by atoms with E-state index in [1.165, 1.54) is 5.56 Å². The fourth-order valence-electron chi connectivity index (χ4n) is 1.82. The standard InChI is InChI=1S/C15H15N3/c1-11(13-5-3-2-4-6-13)18-15-8-7-12(10-16)9-14(15)17/h2-9,11,18H,17H2,1H3/t11-/m0/s1. The molecular weight excluding hydrogens is 222 g/mol. The molecule has 2 aromatic carbocycles. The van der Waals surface area contributed by atoms with Crippen LogP contribution in [0.2, 0.25) is 0 Å². The fourth-order valence-corrected chi connectivity index (χ4v) is 1.82. The first-order chi connectivity index (χ1) is 8.70. The maximum atomic E-state index is 8.79. The first-order valence-corrected chi connectivity index (χ1v) is 5.82. The number of hydrogen-bond donors (Lipinski definition) is 2. The second-order valence-electron chi connectivity index (χ2n) is 4.19. The molecule has 0 unspecified atom stereocenters. The molecule has 3 N–H and O–H groups in total. The van der Waals surface area contributed by atoms with Gasteiger partial charge in [0.05, 0.1) is 23.0 Å². The Kier molecular flexibility index (Phi) is 3.49. The predicted octanol–water partition coefficient (Wildman–Crippen LogP) is 3.31. The Morgan fingerprint density at radius 2 is 1.89 bits per heavy atom. The number of rotatable bonds is 3. The van der Waals surface area contributed by atoms with Gasteiger partial charge in [0, 0.05) is 6.04 Å². The first kappa shape index (κ1) is 12.0. The van der Waals surface area contributed by atoms with Gasteiger partial charge in [-0.05, 0) is 30.7 Å². The third-order valence-electron chi connectivity index (χ3n) is 2.85. The molecule has 0 heterocycles. The second-order valence-corrected chi connectivity index (χ2v) is 4.19. The van der Waals surface area contributed by atoms with Gasteiger partial charge in [-0.15, -0.1) is 0 Å². The quantitative estimate of drug-likeness (QED) is 0.805. The monoisotopic (exact) mass is 237 g/mol. The van der Waals surface area contributed by atoms with Gasteiger partial charge in [-0.25, -0.2) is 0 Å². The zero-order chi connectivity index (χ0) is 13.0. The highest BCUT2D eigenvalue weighted by molar-refractivity contribution is 5.68. The number of anilines is 2. The lowest BCUT2D eigenvalue weighted by Crippen LogP contribution is -2.08. The molecule has 0 spiro atoms. The van der Waals surface area contributed by atoms with Crippen LogP contribution in [0.4, 0.5) is 11.4 Å². The fraction of sp³-hybridized carbons (Fsp3) is 0.133. The molecule has 0 saturated heterocycles. The van der Waals surface area contributed by atoms with Crippen molar-refractivity contribution in [3.8, 4) is 6.07 Å². The summed E-state index contributed by atoms with van der Waals surface area (Å²) in [5.74, 6) is 0. The lowest BCUT2D eigenvalue weighted by atomic mass is 10.1. The van der Waals surface area contributed by atoms with Gasteiger partial charge in [0.25, 0.3) is 0 Å². The van der Waals surface area contributed by atoms with Crippen LogP contribution in [0.3, 0.4) is 0 Å². The summed E-state index contributed by atoms with van der Waals surface area (Å²) in [5, 5.41) is 12.1. The maximum Gasteiger partial charge on any atom is 0.0992 e. The second kappa shape index (κ2) is 5.24. The molecule has 18 heavy (non-hydrogen) atoms. The summed E-state index contributed by atoms with van der Waals surface area (Å²) in [6.45, 7) is 2.08. The molecule has 2 aromatic rings. The lowest BCUT2D eigenvalue weighted by molar-refractivity contribution is 0.885. The zero-order valence-electron chi connectivity index (χ0n) is 10.2. The minimum Gasteiger partial charge on any atom is -0.397 e. The molecule has 0 radical (unpaired) electrons. The van der Waals surface area contributed by atoms with E-state index in [4.69, 9.17) is 11.0 Å². The highest BCUT2D eigenvalue weighted by Crippen LogP contribution is 2.24. The number of nitrogens with one attached hydrogen (secondary N) is 1. The Hall–Kier alpha value is -2.47. The lowest BCUT2D eigenvalue weighted by Gasteiger charge is -2.17. The van der Waals surface area contributed by atoms with Crippen molar-refractivity contribution in [2.45, 2.75) is 13.0 Å². The first-order valence-electron chi connectivity index (χ1n) is 5.82. The highest BCUT2D eigenvalue weighted by Gasteiger charge is 2.07. The van der Waals surface area contributed by atoms with Gasteiger partial charge in [0.15, 0.2) is 0 Å². The topological polar surface area (TPSA) is 61.8 Å². The summed E-state index contributed by atoms with van der Waals surface area (Å²) >= 11 is 0. The molecule has 3 heteroatoms. The Labute approximate surface area is 107 Å². The molecule has 0 fully saturated rings. The van der Waals surface area contributed by atoms with Gasteiger partial charge in [-0.2, -0.15) is 5.26 Å². The third kappa shape index (κ3) is 2.61. The number of nitrogens with zero attached hydrogens (tertiary/aromatic N) is 1. The molecule has 3 nitrogen and oxygen atoms in total. The summed E-state index contributed by atoms with van der Waals surface area (Å²) in [4.78, 5) is 0. The number of hydrogen-bond acceptors (Lipinski definition) is 3. The van der Waals surface area contributed by atoms with E-state index < -0.39 is 0 Å².